The molecular formula is C14H21NO3S. The predicted molar refractivity (Wildman–Crippen MR) is 75.4 cm³/mol. The highest BCUT2D eigenvalue weighted by Crippen LogP contribution is 2.16. The fraction of sp³-hybridized carbons (Fsp3) is 0.643. The SMILES string of the molecule is COC(=O)C[C@@H]1CN([C@H](C)Cc2ccsc2)CCO1. The van der Waals surface area contributed by atoms with Gasteiger partial charge in [-0.25, -0.2) is 0 Å². The van der Waals surface area contributed by atoms with Gasteiger partial charge < -0.3 is 9.47 Å². The molecule has 0 N–H and O–H groups in total. The molecule has 0 radical (unpaired) electrons. The van der Waals surface area contributed by atoms with Gasteiger partial charge >= 0.3 is 5.97 Å². The Kier molecular flexibility index (Phi) is 5.36. The molecule has 0 bridgehead atoms. The maximum Gasteiger partial charge on any atom is 0.308 e. The maximum absolute atomic E-state index is 11.3. The van der Waals surface area contributed by atoms with Gasteiger partial charge in [0.25, 0.3) is 0 Å². The number of nitrogens with zero attached hydrogens (tertiary/aromatic N) is 1. The second-order valence-electron chi connectivity index (χ2n) is 4.95. The van der Waals surface area contributed by atoms with Gasteiger partial charge in [0.15, 0.2) is 0 Å². The van der Waals surface area contributed by atoms with E-state index in [1.54, 1.807) is 11.3 Å². The van der Waals surface area contributed by atoms with Crippen molar-refractivity contribution in [3.63, 3.8) is 0 Å². The van der Waals surface area contributed by atoms with Crippen LogP contribution in [0.3, 0.4) is 0 Å². The second kappa shape index (κ2) is 7.03. The van der Waals surface area contributed by atoms with Crippen LogP contribution in [-0.2, 0) is 20.7 Å². The number of methoxy groups -OCH3 is 1. The fourth-order valence-electron chi connectivity index (χ4n) is 2.41. The Morgan fingerprint density at radius 3 is 3.21 bits per heavy atom. The first-order valence-corrected chi connectivity index (χ1v) is 7.57. The Labute approximate surface area is 118 Å². The summed E-state index contributed by atoms with van der Waals surface area (Å²) >= 11 is 1.74. The molecule has 0 saturated carbocycles. The van der Waals surface area contributed by atoms with Crippen molar-refractivity contribution in [2.45, 2.75) is 31.9 Å². The van der Waals surface area contributed by atoms with E-state index in [0.29, 0.717) is 19.1 Å². The van der Waals surface area contributed by atoms with E-state index in [9.17, 15) is 4.79 Å². The van der Waals surface area contributed by atoms with E-state index in [1.165, 1.54) is 12.7 Å². The van der Waals surface area contributed by atoms with Crippen molar-refractivity contribution < 1.29 is 14.3 Å². The fourth-order valence-corrected chi connectivity index (χ4v) is 3.10. The molecule has 1 aliphatic heterocycles. The summed E-state index contributed by atoms with van der Waals surface area (Å²) in [4.78, 5) is 13.7. The molecule has 0 amide bonds. The summed E-state index contributed by atoms with van der Waals surface area (Å²) in [6.45, 7) is 4.66. The lowest BCUT2D eigenvalue weighted by Gasteiger charge is -2.36. The molecule has 1 aromatic rings. The summed E-state index contributed by atoms with van der Waals surface area (Å²) in [6.07, 6.45) is 1.36. The highest BCUT2D eigenvalue weighted by Gasteiger charge is 2.26. The highest BCUT2D eigenvalue weighted by molar-refractivity contribution is 7.07. The van der Waals surface area contributed by atoms with Gasteiger partial charge in [0.1, 0.15) is 0 Å². The average molecular weight is 283 g/mol. The number of ether oxygens (including phenoxy) is 2. The first-order chi connectivity index (χ1) is 9.19. The minimum atomic E-state index is -0.197. The molecular weight excluding hydrogens is 262 g/mol. The van der Waals surface area contributed by atoms with Gasteiger partial charge in [-0.3, -0.25) is 9.69 Å². The van der Waals surface area contributed by atoms with E-state index in [1.807, 2.05) is 0 Å². The van der Waals surface area contributed by atoms with E-state index in [4.69, 9.17) is 9.47 Å². The van der Waals surface area contributed by atoms with Gasteiger partial charge in [-0.05, 0) is 35.7 Å². The summed E-state index contributed by atoms with van der Waals surface area (Å²) in [5, 5.41) is 4.31. The van der Waals surface area contributed by atoms with Gasteiger partial charge in [-0.15, -0.1) is 0 Å². The zero-order chi connectivity index (χ0) is 13.7. The lowest BCUT2D eigenvalue weighted by Crippen LogP contribution is -2.48. The van der Waals surface area contributed by atoms with Crippen LogP contribution in [0.1, 0.15) is 18.9 Å². The number of esters is 1. The largest absolute Gasteiger partial charge is 0.469 e. The van der Waals surface area contributed by atoms with Crippen LogP contribution in [0.25, 0.3) is 0 Å². The highest BCUT2D eigenvalue weighted by atomic mass is 32.1. The third kappa shape index (κ3) is 4.30. The molecule has 0 aromatic carbocycles. The summed E-state index contributed by atoms with van der Waals surface area (Å²) in [5.41, 5.74) is 1.38. The number of rotatable bonds is 5. The summed E-state index contributed by atoms with van der Waals surface area (Å²) in [6, 6.07) is 2.65. The van der Waals surface area contributed by atoms with Gasteiger partial charge in [0.05, 0.1) is 26.2 Å². The van der Waals surface area contributed by atoms with Crippen LogP contribution in [0.4, 0.5) is 0 Å². The first kappa shape index (κ1) is 14.5. The Hall–Kier alpha value is -0.910. The molecule has 0 unspecified atom stereocenters. The van der Waals surface area contributed by atoms with Crippen LogP contribution in [0.5, 0.6) is 0 Å². The van der Waals surface area contributed by atoms with Crippen molar-refractivity contribution in [1.29, 1.82) is 0 Å². The molecule has 2 atom stereocenters. The molecule has 5 heteroatoms. The van der Waals surface area contributed by atoms with Gasteiger partial charge in [-0.2, -0.15) is 11.3 Å². The first-order valence-electron chi connectivity index (χ1n) is 6.62. The molecule has 106 valence electrons. The number of hydrogen-bond acceptors (Lipinski definition) is 5. The molecule has 19 heavy (non-hydrogen) atoms. The summed E-state index contributed by atoms with van der Waals surface area (Å²) < 4.78 is 10.3. The van der Waals surface area contributed by atoms with Crippen molar-refractivity contribution >= 4 is 17.3 Å². The molecule has 1 aromatic heterocycles. The Bertz CT molecular complexity index is 393. The van der Waals surface area contributed by atoms with E-state index in [-0.39, 0.29) is 12.1 Å². The zero-order valence-electron chi connectivity index (χ0n) is 11.5. The van der Waals surface area contributed by atoms with E-state index in [2.05, 4.69) is 28.7 Å². The maximum atomic E-state index is 11.3. The summed E-state index contributed by atoms with van der Waals surface area (Å²) in [5.74, 6) is -0.197. The number of carbonyl (C=O) groups is 1. The molecule has 0 spiro atoms. The Morgan fingerprint density at radius 2 is 2.53 bits per heavy atom. The minimum Gasteiger partial charge on any atom is -0.469 e. The monoisotopic (exact) mass is 283 g/mol. The molecule has 2 rings (SSSR count). The summed E-state index contributed by atoms with van der Waals surface area (Å²) in [7, 11) is 1.42. The Balaban J connectivity index is 1.84. The molecule has 2 heterocycles. The van der Waals surface area contributed by atoms with Crippen molar-refractivity contribution in [2.24, 2.45) is 0 Å². The van der Waals surface area contributed by atoms with Crippen LogP contribution in [0, 0.1) is 0 Å². The minimum absolute atomic E-state index is 0.0360. The van der Waals surface area contributed by atoms with Crippen LogP contribution in [0.15, 0.2) is 16.8 Å². The average Bonchev–Trinajstić information content (AvgIpc) is 2.91. The van der Waals surface area contributed by atoms with Crippen molar-refractivity contribution in [1.82, 2.24) is 4.90 Å². The normalized spacial score (nSPS) is 22.1. The molecule has 1 saturated heterocycles. The number of hydrogen-bond donors (Lipinski definition) is 0. The Morgan fingerprint density at radius 1 is 1.68 bits per heavy atom. The zero-order valence-corrected chi connectivity index (χ0v) is 12.3. The number of carbonyl (C=O) groups excluding carboxylic acids is 1. The lowest BCUT2D eigenvalue weighted by molar-refractivity contribution is -0.146. The van der Waals surface area contributed by atoms with E-state index >= 15 is 0 Å². The third-order valence-electron chi connectivity index (χ3n) is 3.53. The van der Waals surface area contributed by atoms with Crippen molar-refractivity contribution in [3.05, 3.63) is 22.4 Å². The second-order valence-corrected chi connectivity index (χ2v) is 5.73. The predicted octanol–water partition coefficient (Wildman–Crippen LogP) is 1.94. The van der Waals surface area contributed by atoms with Crippen LogP contribution in [-0.4, -0.2) is 49.8 Å². The molecule has 0 aliphatic carbocycles. The molecule has 1 fully saturated rings. The number of morpholine rings is 1. The van der Waals surface area contributed by atoms with Crippen molar-refractivity contribution in [2.75, 3.05) is 26.8 Å². The van der Waals surface area contributed by atoms with Gasteiger partial charge in [0.2, 0.25) is 0 Å². The topological polar surface area (TPSA) is 38.8 Å². The molecule has 4 nitrogen and oxygen atoms in total. The quantitative estimate of drug-likeness (QED) is 0.774. The van der Waals surface area contributed by atoms with Gasteiger partial charge in [0, 0.05) is 19.1 Å². The number of thiophene rings is 1. The third-order valence-corrected chi connectivity index (χ3v) is 4.26. The van der Waals surface area contributed by atoms with E-state index < -0.39 is 0 Å². The standard InChI is InChI=1S/C14H21NO3S/c1-11(7-12-3-6-19-10-12)15-4-5-18-13(9-15)8-14(16)17-2/h3,6,10-11,13H,4-5,7-9H2,1-2H3/t11-,13-/m1/s1. The van der Waals surface area contributed by atoms with Crippen LogP contribution >= 0.6 is 11.3 Å². The lowest BCUT2D eigenvalue weighted by atomic mass is 10.1. The van der Waals surface area contributed by atoms with Crippen LogP contribution in [0.2, 0.25) is 0 Å². The molecule has 1 aliphatic rings. The van der Waals surface area contributed by atoms with Crippen molar-refractivity contribution in [3.8, 4) is 0 Å². The smallest absolute Gasteiger partial charge is 0.308 e. The van der Waals surface area contributed by atoms with E-state index in [0.717, 1.165) is 19.5 Å². The van der Waals surface area contributed by atoms with Gasteiger partial charge in [-0.1, -0.05) is 0 Å². The van der Waals surface area contributed by atoms with Crippen LogP contribution < -0.4 is 0 Å².